The summed E-state index contributed by atoms with van der Waals surface area (Å²) in [7, 11) is 0. The van der Waals surface area contributed by atoms with E-state index in [1.807, 2.05) is 55.5 Å². The van der Waals surface area contributed by atoms with Crippen LogP contribution in [0.5, 0.6) is 5.75 Å². The number of fused-ring (bicyclic) bond motifs is 1. The third-order valence-corrected chi connectivity index (χ3v) is 4.65. The lowest BCUT2D eigenvalue weighted by Gasteiger charge is -2.11. The number of aryl methyl sites for hydroxylation is 1. The first-order valence-electron chi connectivity index (χ1n) is 9.33. The molecule has 0 aliphatic carbocycles. The molecular formula is C24H18F2N2O2. The van der Waals surface area contributed by atoms with Crippen molar-refractivity contribution >= 4 is 22.5 Å². The number of hydrogen-bond donors (Lipinski definition) is 1. The van der Waals surface area contributed by atoms with Crippen LogP contribution in [0.25, 0.3) is 22.2 Å². The highest BCUT2D eigenvalue weighted by atomic mass is 19.3. The van der Waals surface area contributed by atoms with Gasteiger partial charge in [-0.05, 0) is 43.3 Å². The zero-order valence-corrected chi connectivity index (χ0v) is 16.1. The number of ether oxygens (including phenoxy) is 1. The maximum Gasteiger partial charge on any atom is 0.387 e. The first-order chi connectivity index (χ1) is 14.5. The number of amides is 1. The predicted molar refractivity (Wildman–Crippen MR) is 113 cm³/mol. The van der Waals surface area contributed by atoms with Crippen molar-refractivity contribution in [3.63, 3.8) is 0 Å². The minimum atomic E-state index is -2.89. The second-order valence-electron chi connectivity index (χ2n) is 6.80. The van der Waals surface area contributed by atoms with Crippen LogP contribution in [0.2, 0.25) is 0 Å². The molecular weight excluding hydrogens is 386 g/mol. The Bertz CT molecular complexity index is 1190. The van der Waals surface area contributed by atoms with Gasteiger partial charge in [0, 0.05) is 16.6 Å². The Balaban J connectivity index is 1.68. The molecule has 3 aromatic carbocycles. The summed E-state index contributed by atoms with van der Waals surface area (Å²) >= 11 is 0. The quantitative estimate of drug-likeness (QED) is 0.440. The highest BCUT2D eigenvalue weighted by Gasteiger charge is 2.14. The van der Waals surface area contributed by atoms with E-state index >= 15 is 0 Å². The fourth-order valence-electron chi connectivity index (χ4n) is 3.15. The van der Waals surface area contributed by atoms with E-state index in [1.165, 1.54) is 24.3 Å². The van der Waals surface area contributed by atoms with Crippen LogP contribution in [-0.4, -0.2) is 17.5 Å². The Labute approximate surface area is 172 Å². The molecule has 1 amide bonds. The van der Waals surface area contributed by atoms with Crippen molar-refractivity contribution in [3.05, 3.63) is 90.0 Å². The number of benzene rings is 3. The molecule has 1 N–H and O–H groups in total. The summed E-state index contributed by atoms with van der Waals surface area (Å²) in [6.45, 7) is -0.887. The molecule has 4 rings (SSSR count). The molecule has 0 fully saturated rings. The lowest BCUT2D eigenvalue weighted by molar-refractivity contribution is -0.0498. The van der Waals surface area contributed by atoms with Gasteiger partial charge in [0.15, 0.2) is 0 Å². The molecule has 0 atom stereocenters. The van der Waals surface area contributed by atoms with Gasteiger partial charge in [-0.3, -0.25) is 4.79 Å². The standard InChI is InChI=1S/C24H18F2N2O2/c1-15-6-8-16(9-7-15)22-14-20(19-4-2-3-5-21(19)28-22)23(29)27-17-10-12-18(13-11-17)30-24(25)26/h2-14,24H,1H3,(H,27,29). The first kappa shape index (κ1) is 19.5. The number of halogens is 2. The number of carbonyl (C=O) groups is 1. The minimum absolute atomic E-state index is 0.0269. The van der Waals surface area contributed by atoms with Crippen molar-refractivity contribution in [2.75, 3.05) is 5.32 Å². The number of carbonyl (C=O) groups excluding carboxylic acids is 1. The van der Waals surface area contributed by atoms with Crippen molar-refractivity contribution in [1.29, 1.82) is 0 Å². The van der Waals surface area contributed by atoms with Crippen LogP contribution in [0.4, 0.5) is 14.5 Å². The maximum atomic E-state index is 13.0. The van der Waals surface area contributed by atoms with Gasteiger partial charge in [0.2, 0.25) is 0 Å². The largest absolute Gasteiger partial charge is 0.435 e. The van der Waals surface area contributed by atoms with Crippen molar-refractivity contribution < 1.29 is 18.3 Å². The number of rotatable bonds is 5. The Morgan fingerprint density at radius 1 is 0.967 bits per heavy atom. The third-order valence-electron chi connectivity index (χ3n) is 4.65. The zero-order chi connectivity index (χ0) is 21.1. The highest BCUT2D eigenvalue weighted by molar-refractivity contribution is 6.13. The van der Waals surface area contributed by atoms with Crippen molar-refractivity contribution in [3.8, 4) is 17.0 Å². The van der Waals surface area contributed by atoms with Gasteiger partial charge in [-0.2, -0.15) is 8.78 Å². The monoisotopic (exact) mass is 404 g/mol. The van der Waals surface area contributed by atoms with Gasteiger partial charge in [0.05, 0.1) is 16.8 Å². The fourth-order valence-corrected chi connectivity index (χ4v) is 3.15. The second-order valence-corrected chi connectivity index (χ2v) is 6.80. The van der Waals surface area contributed by atoms with E-state index in [0.717, 1.165) is 16.5 Å². The highest BCUT2D eigenvalue weighted by Crippen LogP contribution is 2.26. The molecule has 0 aliphatic heterocycles. The summed E-state index contributed by atoms with van der Waals surface area (Å²) in [4.78, 5) is 17.7. The number of nitrogens with one attached hydrogen (secondary N) is 1. The number of para-hydroxylation sites is 1. The van der Waals surface area contributed by atoms with Gasteiger partial charge >= 0.3 is 6.61 Å². The number of nitrogens with zero attached hydrogens (tertiary/aromatic N) is 1. The fraction of sp³-hybridized carbons (Fsp3) is 0.0833. The van der Waals surface area contributed by atoms with Crippen molar-refractivity contribution in [1.82, 2.24) is 4.98 Å². The van der Waals surface area contributed by atoms with Crippen molar-refractivity contribution in [2.24, 2.45) is 0 Å². The van der Waals surface area contributed by atoms with E-state index in [2.05, 4.69) is 10.1 Å². The predicted octanol–water partition coefficient (Wildman–Crippen LogP) is 6.06. The summed E-state index contributed by atoms with van der Waals surface area (Å²) in [6, 6.07) is 22.9. The van der Waals surface area contributed by atoms with E-state index in [0.29, 0.717) is 22.5 Å². The average molecular weight is 404 g/mol. The molecule has 1 aromatic heterocycles. The summed E-state index contributed by atoms with van der Waals surface area (Å²) in [6.07, 6.45) is 0. The molecule has 30 heavy (non-hydrogen) atoms. The van der Waals surface area contributed by atoms with Gasteiger partial charge in [-0.25, -0.2) is 4.98 Å². The lowest BCUT2D eigenvalue weighted by Crippen LogP contribution is -2.13. The molecule has 4 aromatic rings. The first-order valence-corrected chi connectivity index (χ1v) is 9.33. The topological polar surface area (TPSA) is 51.2 Å². The summed E-state index contributed by atoms with van der Waals surface area (Å²) < 4.78 is 28.9. The normalized spacial score (nSPS) is 10.9. The molecule has 6 heteroatoms. The van der Waals surface area contributed by atoms with Crippen molar-refractivity contribution in [2.45, 2.75) is 13.5 Å². The Kier molecular flexibility index (Phi) is 5.39. The molecule has 0 saturated carbocycles. The summed E-state index contributed by atoms with van der Waals surface area (Å²) in [5.41, 5.74) is 4.40. The van der Waals surface area contributed by atoms with E-state index in [9.17, 15) is 13.6 Å². The van der Waals surface area contributed by atoms with Crippen LogP contribution in [0, 0.1) is 6.92 Å². The van der Waals surface area contributed by atoms with Gasteiger partial charge < -0.3 is 10.1 Å². The van der Waals surface area contributed by atoms with Crippen LogP contribution in [-0.2, 0) is 0 Å². The Morgan fingerprint density at radius 3 is 2.37 bits per heavy atom. The maximum absolute atomic E-state index is 13.0. The average Bonchev–Trinajstić information content (AvgIpc) is 2.74. The van der Waals surface area contributed by atoms with E-state index in [4.69, 9.17) is 4.98 Å². The van der Waals surface area contributed by atoms with E-state index in [-0.39, 0.29) is 11.7 Å². The number of pyridine rings is 1. The molecule has 0 saturated heterocycles. The van der Waals surface area contributed by atoms with Crippen LogP contribution in [0.1, 0.15) is 15.9 Å². The molecule has 150 valence electrons. The Morgan fingerprint density at radius 2 is 1.67 bits per heavy atom. The van der Waals surface area contributed by atoms with Gasteiger partial charge in [-0.15, -0.1) is 0 Å². The molecule has 0 radical (unpaired) electrons. The number of anilines is 1. The second kappa shape index (κ2) is 8.29. The molecule has 4 nitrogen and oxygen atoms in total. The van der Waals surface area contributed by atoms with Crippen LogP contribution in [0.15, 0.2) is 78.9 Å². The molecule has 1 heterocycles. The summed E-state index contributed by atoms with van der Waals surface area (Å²) in [5.74, 6) is -0.288. The van der Waals surface area contributed by atoms with Crippen LogP contribution < -0.4 is 10.1 Å². The van der Waals surface area contributed by atoms with Crippen LogP contribution in [0.3, 0.4) is 0 Å². The van der Waals surface area contributed by atoms with E-state index in [1.54, 1.807) is 6.07 Å². The number of alkyl halides is 2. The summed E-state index contributed by atoms with van der Waals surface area (Å²) in [5, 5.41) is 3.53. The lowest BCUT2D eigenvalue weighted by atomic mass is 10.0. The third kappa shape index (κ3) is 4.27. The number of aromatic nitrogens is 1. The molecule has 0 unspecified atom stereocenters. The van der Waals surface area contributed by atoms with Crippen LogP contribution >= 0.6 is 0 Å². The van der Waals surface area contributed by atoms with Gasteiger partial charge in [0.1, 0.15) is 5.75 Å². The molecule has 0 aliphatic rings. The number of hydrogen-bond acceptors (Lipinski definition) is 3. The smallest absolute Gasteiger partial charge is 0.387 e. The van der Waals surface area contributed by atoms with E-state index < -0.39 is 6.61 Å². The van der Waals surface area contributed by atoms with Gasteiger partial charge in [0.25, 0.3) is 5.91 Å². The SMILES string of the molecule is Cc1ccc(-c2cc(C(=O)Nc3ccc(OC(F)F)cc3)c3ccccc3n2)cc1. The Hall–Kier alpha value is -3.80. The molecule has 0 bridgehead atoms. The minimum Gasteiger partial charge on any atom is -0.435 e. The molecule has 0 spiro atoms. The zero-order valence-electron chi connectivity index (χ0n) is 16.1. The van der Waals surface area contributed by atoms with Gasteiger partial charge in [-0.1, -0.05) is 48.0 Å².